The molecule has 0 spiro atoms. The Hall–Kier alpha value is -0.630. The van der Waals surface area contributed by atoms with Gasteiger partial charge in [-0.05, 0) is 45.4 Å². The molecule has 1 aromatic carbocycles. The Morgan fingerprint density at radius 3 is 2.67 bits per heavy atom. The Balaban J connectivity index is 0.00000288. The number of halogens is 1. The highest BCUT2D eigenvalue weighted by Gasteiger charge is 2.16. The predicted octanol–water partition coefficient (Wildman–Crippen LogP) is 4.04. The van der Waals surface area contributed by atoms with E-state index in [9.17, 15) is 0 Å². The van der Waals surface area contributed by atoms with Gasteiger partial charge in [0.05, 0.1) is 0 Å². The van der Waals surface area contributed by atoms with Gasteiger partial charge in [-0.25, -0.2) is 0 Å². The summed E-state index contributed by atoms with van der Waals surface area (Å²) in [6, 6.07) is 8.16. The molecule has 4 nitrogen and oxygen atoms in total. The van der Waals surface area contributed by atoms with Crippen molar-refractivity contribution in [2.24, 2.45) is 4.99 Å². The summed E-state index contributed by atoms with van der Waals surface area (Å²) in [6.07, 6.45) is 2.64. The number of nitrogens with zero attached hydrogens (tertiary/aromatic N) is 1. The summed E-state index contributed by atoms with van der Waals surface area (Å²) in [4.78, 5) is 4.31. The van der Waals surface area contributed by atoms with Crippen LogP contribution in [0.1, 0.15) is 39.2 Å². The molecule has 0 bridgehead atoms. The molecule has 136 valence electrons. The van der Waals surface area contributed by atoms with Gasteiger partial charge in [0.2, 0.25) is 0 Å². The standard InChI is InChI=1S/C18H29N3OS.HI/c1-18(2,3)22-16-10-6-5-8-14(16)12-20-17(19-4)21-13-15-9-7-11-23-15;/h5-6,8,10,15H,7,9,11-13H2,1-4H3,(H2,19,20,21);1H. The lowest BCUT2D eigenvalue weighted by molar-refractivity contribution is 0.129. The maximum atomic E-state index is 6.04. The first kappa shape index (κ1) is 21.4. The summed E-state index contributed by atoms with van der Waals surface area (Å²) in [5.74, 6) is 3.06. The molecule has 1 heterocycles. The third-order valence-electron chi connectivity index (χ3n) is 3.58. The van der Waals surface area contributed by atoms with Gasteiger partial charge < -0.3 is 15.4 Å². The van der Waals surface area contributed by atoms with Gasteiger partial charge in [-0.2, -0.15) is 11.8 Å². The largest absolute Gasteiger partial charge is 0.488 e. The highest BCUT2D eigenvalue weighted by Crippen LogP contribution is 2.25. The Morgan fingerprint density at radius 2 is 2.04 bits per heavy atom. The van der Waals surface area contributed by atoms with E-state index in [-0.39, 0.29) is 29.6 Å². The van der Waals surface area contributed by atoms with Crippen LogP contribution in [0.5, 0.6) is 5.75 Å². The van der Waals surface area contributed by atoms with E-state index in [1.807, 2.05) is 25.2 Å². The second-order valence-corrected chi connectivity index (χ2v) is 8.17. The summed E-state index contributed by atoms with van der Waals surface area (Å²) >= 11 is 2.05. The van der Waals surface area contributed by atoms with Crippen molar-refractivity contribution in [3.63, 3.8) is 0 Å². The molecule has 1 fully saturated rings. The Morgan fingerprint density at radius 1 is 1.29 bits per heavy atom. The molecule has 0 amide bonds. The summed E-state index contributed by atoms with van der Waals surface area (Å²) in [5, 5.41) is 7.53. The van der Waals surface area contributed by atoms with Gasteiger partial charge >= 0.3 is 0 Å². The lowest BCUT2D eigenvalue weighted by Gasteiger charge is -2.23. The van der Waals surface area contributed by atoms with E-state index in [1.54, 1.807) is 0 Å². The molecule has 1 atom stereocenters. The number of rotatable bonds is 5. The van der Waals surface area contributed by atoms with Crippen molar-refractivity contribution in [1.29, 1.82) is 0 Å². The lowest BCUT2D eigenvalue weighted by Crippen LogP contribution is -2.39. The van der Waals surface area contributed by atoms with Gasteiger partial charge in [0.25, 0.3) is 0 Å². The molecular weight excluding hydrogens is 433 g/mol. The van der Waals surface area contributed by atoms with Crippen molar-refractivity contribution in [3.8, 4) is 5.75 Å². The predicted molar refractivity (Wildman–Crippen MR) is 116 cm³/mol. The average Bonchev–Trinajstić information content (AvgIpc) is 3.01. The van der Waals surface area contributed by atoms with Crippen LogP contribution in [0.4, 0.5) is 0 Å². The third kappa shape index (κ3) is 7.51. The molecule has 2 rings (SSSR count). The van der Waals surface area contributed by atoms with Crippen molar-refractivity contribution in [1.82, 2.24) is 10.6 Å². The van der Waals surface area contributed by atoms with E-state index in [2.05, 4.69) is 54.2 Å². The molecule has 0 aromatic heterocycles. The van der Waals surface area contributed by atoms with Crippen LogP contribution in [-0.4, -0.2) is 36.2 Å². The van der Waals surface area contributed by atoms with Crippen LogP contribution in [0, 0.1) is 0 Å². The van der Waals surface area contributed by atoms with E-state index in [4.69, 9.17) is 4.74 Å². The Bertz CT molecular complexity index is 525. The monoisotopic (exact) mass is 463 g/mol. The Labute approximate surface area is 167 Å². The molecule has 6 heteroatoms. The van der Waals surface area contributed by atoms with Crippen molar-refractivity contribution in [2.45, 2.75) is 51.0 Å². The first-order chi connectivity index (χ1) is 11.0. The molecule has 0 radical (unpaired) electrons. The summed E-state index contributed by atoms with van der Waals surface area (Å²) in [5.41, 5.74) is 0.941. The smallest absolute Gasteiger partial charge is 0.191 e. The van der Waals surface area contributed by atoms with Gasteiger partial charge in [0.1, 0.15) is 11.4 Å². The summed E-state index contributed by atoms with van der Waals surface area (Å²) < 4.78 is 6.04. The summed E-state index contributed by atoms with van der Waals surface area (Å²) in [7, 11) is 1.81. The Kier molecular flexibility index (Phi) is 9.26. The molecule has 1 aromatic rings. The fourth-order valence-electron chi connectivity index (χ4n) is 2.49. The zero-order valence-electron chi connectivity index (χ0n) is 15.1. The van der Waals surface area contributed by atoms with Crippen LogP contribution in [0.3, 0.4) is 0 Å². The van der Waals surface area contributed by atoms with Crippen molar-refractivity contribution < 1.29 is 4.74 Å². The van der Waals surface area contributed by atoms with Crippen molar-refractivity contribution in [2.75, 3.05) is 19.3 Å². The van der Waals surface area contributed by atoms with Crippen LogP contribution in [0.2, 0.25) is 0 Å². The molecule has 24 heavy (non-hydrogen) atoms. The quantitative estimate of drug-likeness (QED) is 0.393. The zero-order valence-corrected chi connectivity index (χ0v) is 18.2. The van der Waals surface area contributed by atoms with Crippen molar-refractivity contribution >= 4 is 41.7 Å². The second kappa shape index (κ2) is 10.4. The van der Waals surface area contributed by atoms with Gasteiger partial charge in [-0.15, -0.1) is 24.0 Å². The molecule has 1 aliphatic rings. The number of nitrogens with one attached hydrogen (secondary N) is 2. The number of thioether (sulfide) groups is 1. The maximum absolute atomic E-state index is 6.04. The van der Waals surface area contributed by atoms with Gasteiger partial charge in [-0.1, -0.05) is 18.2 Å². The number of hydrogen-bond donors (Lipinski definition) is 2. The molecule has 0 aliphatic carbocycles. The first-order valence-corrected chi connectivity index (χ1v) is 9.36. The van der Waals surface area contributed by atoms with Crippen LogP contribution >= 0.6 is 35.7 Å². The average molecular weight is 463 g/mol. The molecular formula is C18H30IN3OS. The fraction of sp³-hybridized carbons (Fsp3) is 0.611. The highest BCUT2D eigenvalue weighted by atomic mass is 127. The topological polar surface area (TPSA) is 45.7 Å². The number of benzene rings is 1. The highest BCUT2D eigenvalue weighted by molar-refractivity contribution is 14.0. The molecule has 1 aliphatic heterocycles. The second-order valence-electron chi connectivity index (χ2n) is 6.76. The first-order valence-electron chi connectivity index (χ1n) is 8.31. The van der Waals surface area contributed by atoms with Crippen LogP contribution in [0.25, 0.3) is 0 Å². The van der Waals surface area contributed by atoms with E-state index in [0.717, 1.165) is 23.8 Å². The number of para-hydroxylation sites is 1. The normalized spacial score (nSPS) is 18.0. The number of ether oxygens (including phenoxy) is 1. The van der Waals surface area contributed by atoms with Gasteiger partial charge in [0.15, 0.2) is 5.96 Å². The molecule has 2 N–H and O–H groups in total. The van der Waals surface area contributed by atoms with E-state index in [0.29, 0.717) is 11.8 Å². The number of aliphatic imine (C=N–C) groups is 1. The summed E-state index contributed by atoms with van der Waals surface area (Å²) in [6.45, 7) is 7.87. The minimum Gasteiger partial charge on any atom is -0.488 e. The van der Waals surface area contributed by atoms with E-state index >= 15 is 0 Å². The maximum Gasteiger partial charge on any atom is 0.191 e. The van der Waals surface area contributed by atoms with Crippen molar-refractivity contribution in [3.05, 3.63) is 29.8 Å². The van der Waals surface area contributed by atoms with Crippen LogP contribution < -0.4 is 15.4 Å². The fourth-order valence-corrected chi connectivity index (χ4v) is 3.70. The molecule has 1 unspecified atom stereocenters. The SMILES string of the molecule is CN=C(NCc1ccccc1OC(C)(C)C)NCC1CCCS1.I. The minimum absolute atomic E-state index is 0. The van der Waals surface area contributed by atoms with Crippen LogP contribution in [-0.2, 0) is 6.54 Å². The minimum atomic E-state index is -0.199. The van der Waals surface area contributed by atoms with Gasteiger partial charge in [-0.3, -0.25) is 4.99 Å². The number of guanidine groups is 1. The van der Waals surface area contributed by atoms with E-state index < -0.39 is 0 Å². The number of hydrogen-bond acceptors (Lipinski definition) is 3. The zero-order chi connectivity index (χ0) is 16.7. The van der Waals surface area contributed by atoms with Crippen LogP contribution in [0.15, 0.2) is 29.3 Å². The molecule has 0 saturated carbocycles. The third-order valence-corrected chi connectivity index (χ3v) is 4.98. The molecule has 1 saturated heterocycles. The van der Waals surface area contributed by atoms with Gasteiger partial charge in [0, 0.05) is 31.0 Å². The lowest BCUT2D eigenvalue weighted by atomic mass is 10.1. The van der Waals surface area contributed by atoms with E-state index in [1.165, 1.54) is 18.6 Å².